The first-order valence-electron chi connectivity index (χ1n) is 9.64. The molecule has 1 saturated heterocycles. The molecule has 1 aliphatic rings. The van der Waals surface area contributed by atoms with Crippen molar-refractivity contribution in [2.75, 3.05) is 38.5 Å². The van der Waals surface area contributed by atoms with Gasteiger partial charge in [0, 0.05) is 41.1 Å². The minimum absolute atomic E-state index is 0.0913. The maximum Gasteiger partial charge on any atom is 0.291 e. The van der Waals surface area contributed by atoms with Gasteiger partial charge < -0.3 is 14.6 Å². The van der Waals surface area contributed by atoms with Crippen molar-refractivity contribution in [3.63, 3.8) is 0 Å². The van der Waals surface area contributed by atoms with Crippen molar-refractivity contribution < 1.29 is 9.21 Å². The van der Waals surface area contributed by atoms with E-state index >= 15 is 0 Å². The molecule has 2 aromatic heterocycles. The molecule has 3 aromatic rings. The van der Waals surface area contributed by atoms with Crippen molar-refractivity contribution in [3.8, 4) is 0 Å². The number of rotatable bonds is 5. The molecule has 1 fully saturated rings. The molecule has 5 nitrogen and oxygen atoms in total. The lowest BCUT2D eigenvalue weighted by atomic mass is 9.97. The van der Waals surface area contributed by atoms with E-state index in [-0.39, 0.29) is 11.9 Å². The van der Waals surface area contributed by atoms with E-state index in [1.807, 2.05) is 0 Å². The summed E-state index contributed by atoms with van der Waals surface area (Å²) in [6.07, 6.45) is 1.52. The maximum atomic E-state index is 12.6. The Morgan fingerprint density at radius 1 is 1.17 bits per heavy atom. The van der Waals surface area contributed by atoms with Gasteiger partial charge in [-0.05, 0) is 49.9 Å². The number of nitrogens with zero attached hydrogens (tertiary/aromatic N) is 2. The van der Waals surface area contributed by atoms with Crippen LogP contribution in [0.4, 0.5) is 5.00 Å². The second kappa shape index (κ2) is 8.83. The molecule has 0 bridgehead atoms. The van der Waals surface area contributed by atoms with Gasteiger partial charge in [-0.15, -0.1) is 11.3 Å². The molecule has 1 atom stereocenters. The van der Waals surface area contributed by atoms with Crippen LogP contribution in [0.5, 0.6) is 0 Å². The lowest BCUT2D eigenvalue weighted by Crippen LogP contribution is -2.46. The monoisotopic (exact) mass is 473 g/mol. The first kappa shape index (κ1) is 20.3. The summed E-state index contributed by atoms with van der Waals surface area (Å²) in [5, 5.41) is 3.97. The Morgan fingerprint density at radius 3 is 2.55 bits per heavy atom. The second-order valence-corrected chi connectivity index (χ2v) is 9.54. The third-order valence-corrected chi connectivity index (χ3v) is 6.75. The number of anilines is 1. The summed E-state index contributed by atoms with van der Waals surface area (Å²) in [5.74, 6) is 0.104. The zero-order chi connectivity index (χ0) is 20.4. The molecule has 7 heteroatoms. The van der Waals surface area contributed by atoms with Crippen LogP contribution in [-0.2, 0) is 0 Å². The molecule has 0 radical (unpaired) electrons. The topological polar surface area (TPSA) is 48.7 Å². The van der Waals surface area contributed by atoms with E-state index in [1.165, 1.54) is 16.7 Å². The number of nitrogens with one attached hydrogen (secondary N) is 1. The highest BCUT2D eigenvalue weighted by Gasteiger charge is 2.29. The molecule has 29 heavy (non-hydrogen) atoms. The van der Waals surface area contributed by atoms with Crippen molar-refractivity contribution in [2.24, 2.45) is 0 Å². The van der Waals surface area contributed by atoms with Gasteiger partial charge in [0.05, 0.1) is 12.3 Å². The van der Waals surface area contributed by atoms with Crippen molar-refractivity contribution >= 4 is 38.2 Å². The lowest BCUT2D eigenvalue weighted by molar-refractivity contribution is 0.0996. The summed E-state index contributed by atoms with van der Waals surface area (Å²) in [5.41, 5.74) is 2.36. The molecule has 0 saturated carbocycles. The predicted octanol–water partition coefficient (Wildman–Crippen LogP) is 5.00. The van der Waals surface area contributed by atoms with Crippen LogP contribution in [-0.4, -0.2) is 48.9 Å². The minimum atomic E-state index is -0.217. The van der Waals surface area contributed by atoms with Gasteiger partial charge in [-0.2, -0.15) is 0 Å². The van der Waals surface area contributed by atoms with Crippen LogP contribution < -0.4 is 5.32 Å². The molecule has 1 N–H and O–H groups in total. The number of hydrogen-bond acceptors (Lipinski definition) is 5. The van der Waals surface area contributed by atoms with Gasteiger partial charge in [-0.1, -0.05) is 28.1 Å². The number of carbonyl (C=O) groups excluding carboxylic acids is 1. The Hall–Kier alpha value is -1.93. The van der Waals surface area contributed by atoms with Crippen LogP contribution in [0.2, 0.25) is 0 Å². The third kappa shape index (κ3) is 4.64. The number of likely N-dealkylation sites (N-methyl/N-ethyl adjacent to an activating group) is 1. The summed E-state index contributed by atoms with van der Waals surface area (Å²) in [7, 11) is 2.16. The van der Waals surface area contributed by atoms with E-state index in [1.54, 1.807) is 23.5 Å². The molecule has 0 aliphatic carbocycles. The van der Waals surface area contributed by atoms with Crippen molar-refractivity contribution in [2.45, 2.75) is 13.0 Å². The molecule has 152 valence electrons. The van der Waals surface area contributed by atoms with E-state index in [0.29, 0.717) is 5.76 Å². The molecular weight excluding hydrogens is 450 g/mol. The van der Waals surface area contributed by atoms with Gasteiger partial charge in [0.2, 0.25) is 0 Å². The number of piperazine rings is 1. The number of thiophene rings is 1. The van der Waals surface area contributed by atoms with E-state index in [4.69, 9.17) is 4.42 Å². The molecular formula is C22H24BrN3O2S. The van der Waals surface area contributed by atoms with E-state index in [0.717, 1.165) is 41.2 Å². The van der Waals surface area contributed by atoms with Crippen molar-refractivity contribution in [3.05, 3.63) is 75.0 Å². The van der Waals surface area contributed by atoms with Crippen LogP contribution >= 0.6 is 27.3 Å². The Morgan fingerprint density at radius 2 is 1.90 bits per heavy atom. The van der Waals surface area contributed by atoms with Gasteiger partial charge in [-0.25, -0.2) is 0 Å². The Labute approximate surface area is 183 Å². The van der Waals surface area contributed by atoms with Crippen molar-refractivity contribution in [1.82, 2.24) is 9.80 Å². The minimum Gasteiger partial charge on any atom is -0.459 e. The summed E-state index contributed by atoms with van der Waals surface area (Å²) in [6.45, 7) is 6.11. The quantitative estimate of drug-likeness (QED) is 0.566. The number of furan rings is 1. The van der Waals surface area contributed by atoms with Crippen LogP contribution in [0.25, 0.3) is 0 Å². The fourth-order valence-corrected chi connectivity index (χ4v) is 4.92. The number of amides is 1. The Balaban J connectivity index is 1.70. The number of halogens is 1. The van der Waals surface area contributed by atoms with Crippen LogP contribution in [0.1, 0.15) is 32.6 Å². The number of carbonyl (C=O) groups is 1. The highest BCUT2D eigenvalue weighted by atomic mass is 79.9. The predicted molar refractivity (Wildman–Crippen MR) is 121 cm³/mol. The first-order valence-corrected chi connectivity index (χ1v) is 11.3. The van der Waals surface area contributed by atoms with E-state index < -0.39 is 0 Å². The lowest BCUT2D eigenvalue weighted by Gasteiger charge is -2.38. The molecule has 3 heterocycles. The average Bonchev–Trinajstić information content (AvgIpc) is 3.35. The zero-order valence-corrected chi connectivity index (χ0v) is 18.9. The summed E-state index contributed by atoms with van der Waals surface area (Å²) in [4.78, 5) is 18.7. The molecule has 0 unspecified atom stereocenters. The van der Waals surface area contributed by atoms with Gasteiger partial charge in [-0.3, -0.25) is 9.69 Å². The number of hydrogen-bond donors (Lipinski definition) is 1. The third-order valence-electron chi connectivity index (χ3n) is 5.24. The summed E-state index contributed by atoms with van der Waals surface area (Å²) in [6, 6.07) is 14.2. The smallest absolute Gasteiger partial charge is 0.291 e. The van der Waals surface area contributed by atoms with E-state index in [9.17, 15) is 4.79 Å². The fraction of sp³-hybridized carbons (Fsp3) is 0.318. The van der Waals surface area contributed by atoms with Crippen LogP contribution in [0.15, 0.2) is 57.6 Å². The highest BCUT2D eigenvalue weighted by molar-refractivity contribution is 9.10. The molecule has 1 aliphatic heterocycles. The van der Waals surface area contributed by atoms with E-state index in [2.05, 4.69) is 75.3 Å². The Bertz CT molecular complexity index is 961. The zero-order valence-electron chi connectivity index (χ0n) is 16.5. The fourth-order valence-electron chi connectivity index (χ4n) is 3.72. The summed E-state index contributed by atoms with van der Waals surface area (Å²) < 4.78 is 6.33. The molecule has 0 spiro atoms. The van der Waals surface area contributed by atoms with Crippen molar-refractivity contribution in [1.29, 1.82) is 0 Å². The summed E-state index contributed by atoms with van der Waals surface area (Å²) >= 11 is 5.15. The first-order chi connectivity index (χ1) is 14.0. The van der Waals surface area contributed by atoms with Gasteiger partial charge in [0.25, 0.3) is 5.91 Å². The maximum absolute atomic E-state index is 12.6. The largest absolute Gasteiger partial charge is 0.459 e. The second-order valence-electron chi connectivity index (χ2n) is 7.37. The van der Waals surface area contributed by atoms with Gasteiger partial charge >= 0.3 is 0 Å². The van der Waals surface area contributed by atoms with Gasteiger partial charge in [0.15, 0.2) is 5.76 Å². The molecule has 1 amide bonds. The normalized spacial score (nSPS) is 16.7. The Kier molecular flexibility index (Phi) is 6.20. The average molecular weight is 474 g/mol. The standard InChI is InChI=1S/C22H24BrN3O2S/c1-15-14-18(22(29-15)24-21(27)19-4-3-13-28-19)20(16-5-7-17(23)8-6-16)26-11-9-25(2)10-12-26/h3-8,13-14,20H,9-12H2,1-2H3,(H,24,27)/t20-/m1/s1. The van der Waals surface area contributed by atoms with Gasteiger partial charge in [0.1, 0.15) is 5.00 Å². The SMILES string of the molecule is Cc1cc([C@@H](c2ccc(Br)cc2)N2CCN(C)CC2)c(NC(=O)c2ccco2)s1. The number of benzene rings is 1. The molecule has 1 aromatic carbocycles. The highest BCUT2D eigenvalue weighted by Crippen LogP contribution is 2.39. The number of aryl methyl sites for hydroxylation is 1. The molecule has 4 rings (SSSR count). The van der Waals surface area contributed by atoms with Crippen LogP contribution in [0.3, 0.4) is 0 Å². The van der Waals surface area contributed by atoms with Crippen LogP contribution in [0, 0.1) is 6.92 Å².